The SMILES string of the molecule is CCOC(=O)CN(C)c1c(Cl)cc([N+](=O)[O-])cc1Cl. The maximum atomic E-state index is 11.4. The van der Waals surface area contributed by atoms with Gasteiger partial charge in [-0.2, -0.15) is 0 Å². The molecule has 104 valence electrons. The maximum absolute atomic E-state index is 11.4. The number of ether oxygens (including phenoxy) is 1. The molecule has 0 aromatic heterocycles. The summed E-state index contributed by atoms with van der Waals surface area (Å²) in [6.45, 7) is 1.92. The summed E-state index contributed by atoms with van der Waals surface area (Å²) in [6.07, 6.45) is 0. The van der Waals surface area contributed by atoms with E-state index in [0.717, 1.165) is 0 Å². The fourth-order valence-electron chi connectivity index (χ4n) is 1.50. The quantitative estimate of drug-likeness (QED) is 0.475. The smallest absolute Gasteiger partial charge is 0.325 e. The van der Waals surface area contributed by atoms with Crippen LogP contribution in [0, 0.1) is 10.1 Å². The normalized spacial score (nSPS) is 10.1. The van der Waals surface area contributed by atoms with Crippen LogP contribution in [0.3, 0.4) is 0 Å². The molecule has 1 aromatic rings. The lowest BCUT2D eigenvalue weighted by atomic mass is 10.2. The third-order valence-corrected chi connectivity index (χ3v) is 2.84. The van der Waals surface area contributed by atoms with Crippen molar-refractivity contribution in [3.63, 3.8) is 0 Å². The van der Waals surface area contributed by atoms with Gasteiger partial charge in [0.25, 0.3) is 5.69 Å². The number of hydrogen-bond donors (Lipinski definition) is 0. The number of nitro groups is 1. The van der Waals surface area contributed by atoms with Crippen LogP contribution in [0.25, 0.3) is 0 Å². The topological polar surface area (TPSA) is 72.7 Å². The van der Waals surface area contributed by atoms with Gasteiger partial charge in [0, 0.05) is 19.2 Å². The predicted octanol–water partition coefficient (Wildman–Crippen LogP) is 2.90. The van der Waals surface area contributed by atoms with Gasteiger partial charge in [-0.1, -0.05) is 23.2 Å². The first-order chi connectivity index (χ1) is 8.86. The number of benzene rings is 1. The highest BCUT2D eigenvalue weighted by Crippen LogP contribution is 2.36. The first-order valence-corrected chi connectivity index (χ1v) is 6.12. The Morgan fingerprint density at radius 2 is 1.95 bits per heavy atom. The zero-order valence-corrected chi connectivity index (χ0v) is 11.9. The van der Waals surface area contributed by atoms with Crippen molar-refractivity contribution < 1.29 is 14.5 Å². The molecule has 0 heterocycles. The number of rotatable bonds is 5. The molecular formula is C11H12Cl2N2O4. The second-order valence-corrected chi connectivity index (χ2v) is 4.49. The van der Waals surface area contributed by atoms with Crippen LogP contribution in [0.2, 0.25) is 10.0 Å². The van der Waals surface area contributed by atoms with Crippen LogP contribution in [0.4, 0.5) is 11.4 Å². The molecule has 0 spiro atoms. The van der Waals surface area contributed by atoms with E-state index in [4.69, 9.17) is 27.9 Å². The molecule has 1 aromatic carbocycles. The molecule has 1 rings (SSSR count). The van der Waals surface area contributed by atoms with Gasteiger partial charge in [-0.05, 0) is 6.92 Å². The highest BCUT2D eigenvalue weighted by atomic mass is 35.5. The molecule has 0 fully saturated rings. The molecular weight excluding hydrogens is 295 g/mol. The Labute approximate surface area is 120 Å². The first-order valence-electron chi connectivity index (χ1n) is 5.37. The van der Waals surface area contributed by atoms with Crippen LogP contribution >= 0.6 is 23.2 Å². The van der Waals surface area contributed by atoms with E-state index in [2.05, 4.69) is 0 Å². The average molecular weight is 307 g/mol. The van der Waals surface area contributed by atoms with Crippen LogP contribution in [0.1, 0.15) is 6.92 Å². The van der Waals surface area contributed by atoms with Gasteiger partial charge in [-0.25, -0.2) is 0 Å². The molecule has 19 heavy (non-hydrogen) atoms. The zero-order valence-electron chi connectivity index (χ0n) is 10.4. The Morgan fingerprint density at radius 3 is 2.37 bits per heavy atom. The van der Waals surface area contributed by atoms with Crippen molar-refractivity contribution in [2.24, 2.45) is 0 Å². The van der Waals surface area contributed by atoms with E-state index in [9.17, 15) is 14.9 Å². The summed E-state index contributed by atoms with van der Waals surface area (Å²) in [5.41, 5.74) is 0.144. The lowest BCUT2D eigenvalue weighted by Crippen LogP contribution is -2.27. The van der Waals surface area contributed by atoms with Crippen LogP contribution in [-0.2, 0) is 9.53 Å². The van der Waals surface area contributed by atoms with Crippen molar-refractivity contribution >= 4 is 40.5 Å². The van der Waals surface area contributed by atoms with Crippen LogP contribution in [0.5, 0.6) is 0 Å². The minimum atomic E-state index is -0.590. The maximum Gasteiger partial charge on any atom is 0.325 e. The van der Waals surface area contributed by atoms with Gasteiger partial charge in [-0.3, -0.25) is 14.9 Å². The third kappa shape index (κ3) is 3.97. The lowest BCUT2D eigenvalue weighted by Gasteiger charge is -2.20. The summed E-state index contributed by atoms with van der Waals surface area (Å²) in [5, 5.41) is 10.9. The van der Waals surface area contributed by atoms with Gasteiger partial charge < -0.3 is 9.64 Å². The van der Waals surface area contributed by atoms with E-state index in [-0.39, 0.29) is 28.9 Å². The molecule has 0 atom stereocenters. The second-order valence-electron chi connectivity index (χ2n) is 3.68. The van der Waals surface area contributed by atoms with Crippen molar-refractivity contribution in [1.82, 2.24) is 0 Å². The van der Waals surface area contributed by atoms with E-state index in [0.29, 0.717) is 5.69 Å². The van der Waals surface area contributed by atoms with Crippen molar-refractivity contribution in [1.29, 1.82) is 0 Å². The fraction of sp³-hybridized carbons (Fsp3) is 0.364. The largest absolute Gasteiger partial charge is 0.465 e. The molecule has 0 aliphatic heterocycles. The minimum absolute atomic E-state index is 0.0505. The Kier molecular flexibility index (Phi) is 5.38. The molecule has 0 unspecified atom stereocenters. The molecule has 0 saturated heterocycles. The van der Waals surface area contributed by atoms with E-state index >= 15 is 0 Å². The number of carbonyl (C=O) groups excluding carboxylic acids is 1. The lowest BCUT2D eigenvalue weighted by molar-refractivity contribution is -0.384. The highest BCUT2D eigenvalue weighted by molar-refractivity contribution is 6.39. The first kappa shape index (κ1) is 15.5. The van der Waals surface area contributed by atoms with Gasteiger partial charge in [0.15, 0.2) is 0 Å². The van der Waals surface area contributed by atoms with E-state index in [1.807, 2.05) is 0 Å². The fourth-order valence-corrected chi connectivity index (χ4v) is 2.27. The van der Waals surface area contributed by atoms with Gasteiger partial charge in [0.05, 0.1) is 27.3 Å². The Bertz CT molecular complexity index is 484. The third-order valence-electron chi connectivity index (χ3n) is 2.27. The molecule has 0 bridgehead atoms. The van der Waals surface area contributed by atoms with Crippen molar-refractivity contribution in [2.45, 2.75) is 6.92 Å². The molecule has 0 amide bonds. The van der Waals surface area contributed by atoms with Gasteiger partial charge >= 0.3 is 5.97 Å². The number of halogens is 2. The number of nitrogens with zero attached hydrogens (tertiary/aromatic N) is 2. The summed E-state index contributed by atoms with van der Waals surface area (Å²) in [6, 6.07) is 2.37. The highest BCUT2D eigenvalue weighted by Gasteiger charge is 2.19. The standard InChI is InChI=1S/C11H12Cl2N2O4/c1-3-19-10(16)6-14(2)11-8(12)4-7(15(17)18)5-9(11)13/h4-5H,3,6H2,1-2H3. The van der Waals surface area contributed by atoms with Crippen molar-refractivity contribution in [3.8, 4) is 0 Å². The molecule has 0 aliphatic rings. The van der Waals surface area contributed by atoms with Crippen molar-refractivity contribution in [3.05, 3.63) is 32.3 Å². The Hall–Kier alpha value is -1.53. The molecule has 0 radical (unpaired) electrons. The van der Waals surface area contributed by atoms with Gasteiger partial charge in [-0.15, -0.1) is 0 Å². The molecule has 0 aliphatic carbocycles. The van der Waals surface area contributed by atoms with Gasteiger partial charge in [0.1, 0.15) is 6.54 Å². The predicted molar refractivity (Wildman–Crippen MR) is 73.0 cm³/mol. The summed E-state index contributed by atoms with van der Waals surface area (Å²) in [7, 11) is 1.59. The van der Waals surface area contributed by atoms with E-state index in [1.165, 1.54) is 17.0 Å². The number of carbonyl (C=O) groups is 1. The summed E-state index contributed by atoms with van der Waals surface area (Å²) >= 11 is 11.9. The molecule has 0 saturated carbocycles. The molecule has 8 heteroatoms. The Balaban J connectivity index is 3.00. The minimum Gasteiger partial charge on any atom is -0.465 e. The Morgan fingerprint density at radius 1 is 1.42 bits per heavy atom. The average Bonchev–Trinajstić information content (AvgIpc) is 2.27. The number of likely N-dealkylation sites (N-methyl/N-ethyl adjacent to an activating group) is 1. The molecule has 6 nitrogen and oxygen atoms in total. The summed E-state index contributed by atoms with van der Waals surface area (Å²) in [4.78, 5) is 22.9. The number of anilines is 1. The van der Waals surface area contributed by atoms with Gasteiger partial charge in [0.2, 0.25) is 0 Å². The van der Waals surface area contributed by atoms with E-state index in [1.54, 1.807) is 14.0 Å². The number of nitro benzene ring substituents is 1. The number of hydrogen-bond acceptors (Lipinski definition) is 5. The summed E-state index contributed by atoms with van der Waals surface area (Å²) in [5.74, 6) is -0.435. The van der Waals surface area contributed by atoms with Crippen molar-refractivity contribution in [2.75, 3.05) is 25.1 Å². The van der Waals surface area contributed by atoms with Crippen LogP contribution < -0.4 is 4.90 Å². The van der Waals surface area contributed by atoms with E-state index < -0.39 is 10.9 Å². The number of esters is 1. The second kappa shape index (κ2) is 6.58. The molecule has 0 N–H and O–H groups in total. The summed E-state index contributed by atoms with van der Waals surface area (Å²) < 4.78 is 4.80. The number of non-ortho nitro benzene ring substituents is 1. The monoisotopic (exact) mass is 306 g/mol. The zero-order chi connectivity index (χ0) is 14.6. The van der Waals surface area contributed by atoms with Crippen LogP contribution in [-0.4, -0.2) is 31.1 Å². The van der Waals surface area contributed by atoms with Crippen LogP contribution in [0.15, 0.2) is 12.1 Å².